The Bertz CT molecular complexity index is 197. The first kappa shape index (κ1) is 10.1. The lowest BCUT2D eigenvalue weighted by molar-refractivity contribution is 0.163. The van der Waals surface area contributed by atoms with E-state index in [2.05, 4.69) is 25.7 Å². The van der Waals surface area contributed by atoms with E-state index in [1.54, 1.807) is 6.08 Å². The maximum Gasteiger partial charge on any atom is 0.317 e. The number of hydrogen-bond acceptors (Lipinski definition) is 1. The third kappa shape index (κ3) is 2.47. The summed E-state index contributed by atoms with van der Waals surface area (Å²) >= 11 is 0. The van der Waals surface area contributed by atoms with Gasteiger partial charge in [-0.1, -0.05) is 19.9 Å². The minimum Gasteiger partial charge on any atom is -0.332 e. The second-order valence-electron chi connectivity index (χ2n) is 3.80. The van der Waals surface area contributed by atoms with Gasteiger partial charge in [0.05, 0.1) is 6.04 Å². The normalized spacial score (nSPS) is 17.9. The van der Waals surface area contributed by atoms with Crippen LogP contribution in [0.2, 0.25) is 0 Å². The molecule has 0 aromatic carbocycles. The summed E-state index contributed by atoms with van der Waals surface area (Å²) in [5.74, 6) is 0.405. The molecule has 0 saturated carbocycles. The van der Waals surface area contributed by atoms with Gasteiger partial charge in [-0.25, -0.2) is 4.79 Å². The van der Waals surface area contributed by atoms with Crippen molar-refractivity contribution in [3.8, 4) is 0 Å². The Morgan fingerprint density at radius 2 is 2.15 bits per heavy atom. The number of carbonyl (C=O) groups is 1. The molecule has 1 rings (SSSR count). The Hall–Kier alpha value is -0.990. The summed E-state index contributed by atoms with van der Waals surface area (Å²) < 4.78 is 0. The molecule has 0 aliphatic carbocycles. The molecule has 1 fully saturated rings. The lowest BCUT2D eigenvalue weighted by atomic mass is 10.1. The molecule has 1 atom stereocenters. The molecule has 1 aliphatic heterocycles. The Morgan fingerprint density at radius 1 is 1.54 bits per heavy atom. The summed E-state index contributed by atoms with van der Waals surface area (Å²) in [4.78, 5) is 13.3. The fourth-order valence-corrected chi connectivity index (χ4v) is 1.25. The third-order valence-electron chi connectivity index (χ3n) is 2.41. The fourth-order valence-electron chi connectivity index (χ4n) is 1.25. The minimum atomic E-state index is 0.0462. The first-order valence-corrected chi connectivity index (χ1v) is 4.83. The molecule has 13 heavy (non-hydrogen) atoms. The predicted molar refractivity (Wildman–Crippen MR) is 53.5 cm³/mol. The zero-order valence-electron chi connectivity index (χ0n) is 8.42. The molecule has 0 bridgehead atoms. The van der Waals surface area contributed by atoms with Crippen molar-refractivity contribution >= 4 is 6.03 Å². The van der Waals surface area contributed by atoms with E-state index >= 15 is 0 Å². The summed E-state index contributed by atoms with van der Waals surface area (Å²) in [6, 6.07) is 0.137. The van der Waals surface area contributed by atoms with Gasteiger partial charge < -0.3 is 10.2 Å². The highest BCUT2D eigenvalue weighted by Crippen LogP contribution is 2.08. The van der Waals surface area contributed by atoms with Crippen LogP contribution in [0.1, 0.15) is 20.3 Å². The van der Waals surface area contributed by atoms with Crippen molar-refractivity contribution in [3.63, 3.8) is 0 Å². The summed E-state index contributed by atoms with van der Waals surface area (Å²) in [5.41, 5.74) is 0. The molecule has 0 radical (unpaired) electrons. The van der Waals surface area contributed by atoms with Crippen molar-refractivity contribution in [1.29, 1.82) is 0 Å². The monoisotopic (exact) mass is 182 g/mol. The van der Waals surface area contributed by atoms with Gasteiger partial charge in [0.2, 0.25) is 0 Å². The molecule has 1 heterocycles. The average molecular weight is 182 g/mol. The maximum atomic E-state index is 11.5. The van der Waals surface area contributed by atoms with E-state index in [4.69, 9.17) is 0 Å². The lowest BCUT2D eigenvalue weighted by Gasteiger charge is -2.32. The van der Waals surface area contributed by atoms with Gasteiger partial charge in [0.15, 0.2) is 0 Å². The molecular formula is C10H18N2O. The molecule has 0 unspecified atom stereocenters. The smallest absolute Gasteiger partial charge is 0.317 e. The van der Waals surface area contributed by atoms with E-state index in [0.29, 0.717) is 5.92 Å². The van der Waals surface area contributed by atoms with Crippen molar-refractivity contribution in [2.45, 2.75) is 26.3 Å². The van der Waals surface area contributed by atoms with E-state index in [0.717, 1.165) is 19.5 Å². The van der Waals surface area contributed by atoms with Crippen LogP contribution >= 0.6 is 0 Å². The number of rotatable bonds is 3. The topological polar surface area (TPSA) is 32.3 Å². The summed E-state index contributed by atoms with van der Waals surface area (Å²) in [7, 11) is 0. The molecule has 3 heteroatoms. The molecule has 0 spiro atoms. The van der Waals surface area contributed by atoms with Crippen molar-refractivity contribution in [3.05, 3.63) is 12.7 Å². The van der Waals surface area contributed by atoms with Crippen LogP contribution in [0.5, 0.6) is 0 Å². The number of nitrogens with one attached hydrogen (secondary N) is 1. The van der Waals surface area contributed by atoms with Gasteiger partial charge in [-0.05, 0) is 12.3 Å². The van der Waals surface area contributed by atoms with E-state index in [-0.39, 0.29) is 12.1 Å². The number of urea groups is 1. The number of amides is 2. The van der Waals surface area contributed by atoms with E-state index < -0.39 is 0 Å². The molecule has 1 aliphatic rings. The van der Waals surface area contributed by atoms with Gasteiger partial charge in [-0.3, -0.25) is 0 Å². The second-order valence-corrected chi connectivity index (χ2v) is 3.80. The lowest BCUT2D eigenvalue weighted by Crippen LogP contribution is -2.51. The Morgan fingerprint density at radius 3 is 2.46 bits per heavy atom. The SMILES string of the molecule is C=C[C@@H](NC(=O)N1CCC1)C(C)C. The largest absolute Gasteiger partial charge is 0.332 e. The van der Waals surface area contributed by atoms with Crippen LogP contribution in [0.25, 0.3) is 0 Å². The van der Waals surface area contributed by atoms with E-state index in [1.165, 1.54) is 0 Å². The molecule has 74 valence electrons. The zero-order chi connectivity index (χ0) is 9.84. The van der Waals surface area contributed by atoms with Crippen molar-refractivity contribution in [2.24, 2.45) is 5.92 Å². The van der Waals surface area contributed by atoms with Gasteiger partial charge in [0.25, 0.3) is 0 Å². The van der Waals surface area contributed by atoms with Gasteiger partial charge in [0, 0.05) is 13.1 Å². The van der Waals surface area contributed by atoms with Gasteiger partial charge in [0.1, 0.15) is 0 Å². The highest BCUT2D eigenvalue weighted by molar-refractivity contribution is 5.75. The van der Waals surface area contributed by atoms with Gasteiger partial charge in [-0.15, -0.1) is 6.58 Å². The van der Waals surface area contributed by atoms with Crippen LogP contribution in [0.4, 0.5) is 4.79 Å². The number of hydrogen-bond donors (Lipinski definition) is 1. The molecule has 2 amide bonds. The third-order valence-corrected chi connectivity index (χ3v) is 2.41. The van der Waals surface area contributed by atoms with Crippen molar-refractivity contribution < 1.29 is 4.79 Å². The second kappa shape index (κ2) is 4.30. The summed E-state index contributed by atoms with van der Waals surface area (Å²) in [6.07, 6.45) is 2.93. The first-order chi connectivity index (χ1) is 6.15. The minimum absolute atomic E-state index is 0.0462. The summed E-state index contributed by atoms with van der Waals surface area (Å²) in [6.45, 7) is 9.64. The van der Waals surface area contributed by atoms with E-state index in [9.17, 15) is 4.79 Å². The fraction of sp³-hybridized carbons (Fsp3) is 0.700. The number of likely N-dealkylation sites (tertiary alicyclic amines) is 1. The summed E-state index contributed by atoms with van der Waals surface area (Å²) in [5, 5.41) is 2.94. The molecule has 1 N–H and O–H groups in total. The molecule has 0 aromatic rings. The van der Waals surface area contributed by atoms with Gasteiger partial charge in [-0.2, -0.15) is 0 Å². The van der Waals surface area contributed by atoms with Crippen LogP contribution < -0.4 is 5.32 Å². The van der Waals surface area contributed by atoms with E-state index in [1.807, 2.05) is 4.90 Å². The Balaban J connectivity index is 2.36. The first-order valence-electron chi connectivity index (χ1n) is 4.83. The highest BCUT2D eigenvalue weighted by atomic mass is 16.2. The molecule has 3 nitrogen and oxygen atoms in total. The Labute approximate surface area is 79.8 Å². The van der Waals surface area contributed by atoms with Crippen LogP contribution in [-0.4, -0.2) is 30.1 Å². The number of nitrogens with zero attached hydrogens (tertiary/aromatic N) is 1. The maximum absolute atomic E-state index is 11.5. The van der Waals surface area contributed by atoms with Crippen molar-refractivity contribution in [1.82, 2.24) is 10.2 Å². The van der Waals surface area contributed by atoms with Crippen LogP contribution in [0.3, 0.4) is 0 Å². The highest BCUT2D eigenvalue weighted by Gasteiger charge is 2.22. The standard InChI is InChI=1S/C10H18N2O/c1-4-9(8(2)3)11-10(13)12-6-5-7-12/h4,8-9H,1,5-7H2,2-3H3,(H,11,13)/t9-/m1/s1. The van der Waals surface area contributed by atoms with Crippen LogP contribution in [0, 0.1) is 5.92 Å². The van der Waals surface area contributed by atoms with Crippen molar-refractivity contribution in [2.75, 3.05) is 13.1 Å². The zero-order valence-corrected chi connectivity index (χ0v) is 8.42. The number of carbonyl (C=O) groups excluding carboxylic acids is 1. The molecular weight excluding hydrogens is 164 g/mol. The molecule has 0 aromatic heterocycles. The van der Waals surface area contributed by atoms with Crippen LogP contribution in [0.15, 0.2) is 12.7 Å². The quantitative estimate of drug-likeness (QED) is 0.661. The predicted octanol–water partition coefficient (Wildman–Crippen LogP) is 1.61. The van der Waals surface area contributed by atoms with Crippen LogP contribution in [-0.2, 0) is 0 Å². The average Bonchev–Trinajstić information content (AvgIpc) is 1.96. The molecule has 1 saturated heterocycles. The van der Waals surface area contributed by atoms with Gasteiger partial charge >= 0.3 is 6.03 Å². The Kier molecular flexibility index (Phi) is 3.34.